The number of sulfone groups is 1. The standard InChI is InChI=1S/C27H29F5N2O5S2/c1-25(29,30)7-6-16-13-34(18-4-2-17(28)3-5-18)22-21(41(37,38)14-16)10-20(39-15-26(8-9-26)24(35)36)23(33-22)40-19-11-27(31,32)12-19/h2-5,10,16,19H,6-9,11-15H2,1H3,(H,35,36)/t16-/m1/s1. The molecule has 0 unspecified atom stereocenters. The van der Waals surface area contributed by atoms with Crippen molar-refractivity contribution in [2.45, 2.75) is 72.5 Å². The lowest BCUT2D eigenvalue weighted by molar-refractivity contribution is -0.144. The van der Waals surface area contributed by atoms with Gasteiger partial charge in [-0.25, -0.2) is 35.4 Å². The third-order valence-corrected chi connectivity index (χ3v) is 10.7. The number of hydrogen-bond acceptors (Lipinski definition) is 7. The molecule has 2 aliphatic carbocycles. The number of thioether (sulfide) groups is 1. The number of benzene rings is 1. The minimum atomic E-state index is -4.13. The van der Waals surface area contributed by atoms with Crippen molar-refractivity contribution in [2.75, 3.05) is 23.8 Å². The predicted molar refractivity (Wildman–Crippen MR) is 142 cm³/mol. The Morgan fingerprint density at radius 2 is 1.88 bits per heavy atom. The van der Waals surface area contributed by atoms with E-state index in [-0.39, 0.29) is 41.1 Å². The van der Waals surface area contributed by atoms with Crippen LogP contribution in [0.15, 0.2) is 40.3 Å². The van der Waals surface area contributed by atoms with Gasteiger partial charge in [0, 0.05) is 42.8 Å². The van der Waals surface area contributed by atoms with Crippen molar-refractivity contribution in [1.29, 1.82) is 0 Å². The van der Waals surface area contributed by atoms with Crippen LogP contribution in [-0.2, 0) is 14.6 Å². The highest BCUT2D eigenvalue weighted by Crippen LogP contribution is 2.51. The van der Waals surface area contributed by atoms with Gasteiger partial charge in [0.1, 0.15) is 27.8 Å². The quantitative estimate of drug-likeness (QED) is 0.308. The van der Waals surface area contributed by atoms with Gasteiger partial charge in [-0.1, -0.05) is 11.8 Å². The van der Waals surface area contributed by atoms with Crippen LogP contribution in [0.4, 0.5) is 33.5 Å². The second kappa shape index (κ2) is 10.6. The molecule has 5 rings (SSSR count). The van der Waals surface area contributed by atoms with Crippen LogP contribution in [0, 0.1) is 17.2 Å². The van der Waals surface area contributed by atoms with Crippen molar-refractivity contribution in [3.63, 3.8) is 0 Å². The van der Waals surface area contributed by atoms with Crippen molar-refractivity contribution in [3.05, 3.63) is 36.1 Å². The highest BCUT2D eigenvalue weighted by atomic mass is 32.2. The van der Waals surface area contributed by atoms with E-state index in [1.807, 2.05) is 0 Å². The van der Waals surface area contributed by atoms with Gasteiger partial charge in [0.25, 0.3) is 0 Å². The van der Waals surface area contributed by atoms with Crippen LogP contribution in [-0.4, -0.2) is 60.5 Å². The van der Waals surface area contributed by atoms with Gasteiger partial charge in [-0.05, 0) is 56.4 Å². The van der Waals surface area contributed by atoms with Crippen molar-refractivity contribution in [3.8, 4) is 5.75 Å². The molecule has 1 N–H and O–H groups in total. The minimum absolute atomic E-state index is 0.0190. The number of carboxylic acid groups (broad SMARTS) is 1. The van der Waals surface area contributed by atoms with Gasteiger partial charge in [0.15, 0.2) is 21.4 Å². The van der Waals surface area contributed by atoms with E-state index >= 15 is 0 Å². The molecule has 2 heterocycles. The van der Waals surface area contributed by atoms with Crippen molar-refractivity contribution in [1.82, 2.24) is 4.98 Å². The molecule has 2 fully saturated rings. The molecule has 1 aromatic carbocycles. The number of aliphatic carboxylic acids is 1. The maximum Gasteiger partial charge on any atom is 0.313 e. The van der Waals surface area contributed by atoms with E-state index in [9.17, 15) is 40.3 Å². The monoisotopic (exact) mass is 620 g/mol. The molecule has 7 nitrogen and oxygen atoms in total. The maximum atomic E-state index is 13.8. The highest BCUT2D eigenvalue weighted by molar-refractivity contribution is 8.00. The molecule has 0 saturated heterocycles. The predicted octanol–water partition coefficient (Wildman–Crippen LogP) is 6.33. The fourth-order valence-corrected chi connectivity index (χ4v) is 8.11. The second-order valence-corrected chi connectivity index (χ2v) is 14.6. The van der Waals surface area contributed by atoms with Crippen LogP contribution in [0.1, 0.15) is 45.4 Å². The first-order valence-electron chi connectivity index (χ1n) is 13.2. The molecule has 41 heavy (non-hydrogen) atoms. The molecule has 1 atom stereocenters. The molecule has 3 aliphatic rings. The first kappa shape index (κ1) is 29.9. The van der Waals surface area contributed by atoms with E-state index in [1.165, 1.54) is 35.2 Å². The average molecular weight is 621 g/mol. The smallest absolute Gasteiger partial charge is 0.313 e. The van der Waals surface area contributed by atoms with Crippen molar-refractivity contribution in [2.24, 2.45) is 11.3 Å². The number of alkyl halides is 4. The number of nitrogens with zero attached hydrogens (tertiary/aromatic N) is 2. The number of rotatable bonds is 10. The molecule has 0 bridgehead atoms. The number of carboxylic acids is 1. The summed E-state index contributed by atoms with van der Waals surface area (Å²) in [4.78, 5) is 17.5. The molecular formula is C27H29F5N2O5S2. The lowest BCUT2D eigenvalue weighted by Crippen LogP contribution is -2.37. The Morgan fingerprint density at radius 1 is 1.22 bits per heavy atom. The lowest BCUT2D eigenvalue weighted by atomic mass is 9.94. The Bertz CT molecular complexity index is 1420. The third-order valence-electron chi connectivity index (χ3n) is 7.66. The normalized spacial score (nSPS) is 22.8. The summed E-state index contributed by atoms with van der Waals surface area (Å²) in [5, 5.41) is 9.15. The minimum Gasteiger partial charge on any atom is -0.490 e. The highest BCUT2D eigenvalue weighted by Gasteiger charge is 2.52. The van der Waals surface area contributed by atoms with Gasteiger partial charge in [-0.2, -0.15) is 0 Å². The molecule has 0 radical (unpaired) electrons. The average Bonchev–Trinajstić information content (AvgIpc) is 3.65. The first-order valence-corrected chi connectivity index (χ1v) is 15.7. The van der Waals surface area contributed by atoms with Gasteiger partial charge in [-0.3, -0.25) is 4.79 Å². The summed E-state index contributed by atoms with van der Waals surface area (Å²) in [5.41, 5.74) is -0.749. The topological polar surface area (TPSA) is 96.8 Å². The summed E-state index contributed by atoms with van der Waals surface area (Å²) in [6.07, 6.45) is -0.740. The van der Waals surface area contributed by atoms with Crippen molar-refractivity contribution >= 4 is 39.1 Å². The second-order valence-electron chi connectivity index (χ2n) is 11.3. The Kier molecular flexibility index (Phi) is 7.71. The van der Waals surface area contributed by atoms with Crippen LogP contribution in [0.3, 0.4) is 0 Å². The Balaban J connectivity index is 1.58. The van der Waals surface area contributed by atoms with Gasteiger partial charge < -0.3 is 14.7 Å². The number of aromatic nitrogens is 1. The van der Waals surface area contributed by atoms with E-state index in [0.29, 0.717) is 18.5 Å². The molecule has 14 heteroatoms. The number of pyridine rings is 1. The number of carbonyl (C=O) groups is 1. The Hall–Kier alpha value is -2.61. The zero-order chi connectivity index (χ0) is 29.8. The number of fused-ring (bicyclic) bond motifs is 1. The van der Waals surface area contributed by atoms with E-state index in [1.54, 1.807) is 0 Å². The fourth-order valence-electron chi connectivity index (χ4n) is 4.97. The summed E-state index contributed by atoms with van der Waals surface area (Å²) < 4.78 is 102. The molecular weight excluding hydrogens is 591 g/mol. The van der Waals surface area contributed by atoms with E-state index in [0.717, 1.165) is 18.7 Å². The Labute approximate surface area is 238 Å². The molecule has 224 valence electrons. The molecule has 0 spiro atoms. The number of anilines is 2. The third kappa shape index (κ3) is 6.73. The fraction of sp³-hybridized carbons (Fsp3) is 0.556. The van der Waals surface area contributed by atoms with Crippen molar-refractivity contribution < 1.29 is 45.0 Å². The Morgan fingerprint density at radius 3 is 2.44 bits per heavy atom. The van der Waals surface area contributed by atoms with E-state index in [4.69, 9.17) is 4.74 Å². The van der Waals surface area contributed by atoms with E-state index < -0.39 is 75.1 Å². The zero-order valence-electron chi connectivity index (χ0n) is 22.1. The van der Waals surface area contributed by atoms with Crippen LogP contribution in [0.2, 0.25) is 0 Å². The molecule has 0 amide bonds. The van der Waals surface area contributed by atoms with Crippen LogP contribution in [0.5, 0.6) is 5.75 Å². The van der Waals surface area contributed by atoms with Gasteiger partial charge in [0.2, 0.25) is 11.8 Å². The summed E-state index contributed by atoms with van der Waals surface area (Å²) >= 11 is 0.988. The first-order chi connectivity index (χ1) is 19.1. The molecule has 1 aliphatic heterocycles. The molecule has 2 saturated carbocycles. The van der Waals surface area contributed by atoms with Gasteiger partial charge in [-0.15, -0.1) is 0 Å². The van der Waals surface area contributed by atoms with Gasteiger partial charge in [0.05, 0.1) is 5.75 Å². The van der Waals surface area contributed by atoms with Crippen LogP contribution >= 0.6 is 11.8 Å². The molecule has 2 aromatic rings. The zero-order valence-corrected chi connectivity index (χ0v) is 23.7. The summed E-state index contributed by atoms with van der Waals surface area (Å²) in [7, 11) is -4.13. The number of hydrogen-bond donors (Lipinski definition) is 1. The van der Waals surface area contributed by atoms with Crippen LogP contribution < -0.4 is 9.64 Å². The lowest BCUT2D eigenvalue weighted by Gasteiger charge is -2.34. The summed E-state index contributed by atoms with van der Waals surface area (Å²) in [6.45, 7) is 0.481. The van der Waals surface area contributed by atoms with Crippen LogP contribution in [0.25, 0.3) is 0 Å². The molecule has 1 aromatic heterocycles. The summed E-state index contributed by atoms with van der Waals surface area (Å²) in [6, 6.07) is 6.40. The van der Waals surface area contributed by atoms with E-state index in [2.05, 4.69) is 4.98 Å². The number of ether oxygens (including phenoxy) is 1. The number of halogens is 5. The summed E-state index contributed by atoms with van der Waals surface area (Å²) in [5.74, 6) is -8.74. The van der Waals surface area contributed by atoms with Gasteiger partial charge >= 0.3 is 5.97 Å². The maximum absolute atomic E-state index is 13.8. The SMILES string of the molecule is CC(F)(F)CC[C@@H]1CN(c2ccc(F)cc2)c2nc(SC3CC(F)(F)C3)c(OCC3(C(=O)O)CC3)cc2S(=O)(=O)C1. The largest absolute Gasteiger partial charge is 0.490 e.